The van der Waals surface area contributed by atoms with Crippen molar-refractivity contribution in [3.63, 3.8) is 0 Å². The van der Waals surface area contributed by atoms with Crippen LogP contribution < -0.4 is 10.2 Å². The van der Waals surface area contributed by atoms with Crippen molar-refractivity contribution < 1.29 is 19.1 Å². The Morgan fingerprint density at radius 1 is 1.09 bits per heavy atom. The van der Waals surface area contributed by atoms with Gasteiger partial charge in [-0.05, 0) is 43.4 Å². The third-order valence-electron chi connectivity index (χ3n) is 7.73. The average molecular weight is 483 g/mol. The lowest BCUT2D eigenvalue weighted by atomic mass is 9.93. The zero-order chi connectivity index (χ0) is 24.5. The number of hydrogen-bond donors (Lipinski definition) is 1. The number of carbonyl (C=O) groups excluding carboxylic acids is 3. The summed E-state index contributed by atoms with van der Waals surface area (Å²) < 4.78 is 6.68. The molecule has 1 unspecified atom stereocenters. The molecule has 0 saturated carbocycles. The molecule has 5 rings (SSSR count). The van der Waals surface area contributed by atoms with Gasteiger partial charge < -0.3 is 14.5 Å². The van der Waals surface area contributed by atoms with Crippen LogP contribution >= 0.6 is 0 Å². The van der Waals surface area contributed by atoms with E-state index in [1.54, 1.807) is 4.90 Å². The van der Waals surface area contributed by atoms with E-state index in [1.807, 2.05) is 11.7 Å². The van der Waals surface area contributed by atoms with Gasteiger partial charge in [0.05, 0.1) is 24.2 Å². The highest BCUT2D eigenvalue weighted by atomic mass is 16.5. The van der Waals surface area contributed by atoms with Crippen molar-refractivity contribution in [2.45, 2.75) is 31.6 Å². The van der Waals surface area contributed by atoms with E-state index in [2.05, 4.69) is 38.4 Å². The number of aryl methyl sites for hydroxylation is 1. The van der Waals surface area contributed by atoms with Crippen LogP contribution in [0.2, 0.25) is 0 Å². The number of piperazine rings is 1. The highest BCUT2D eigenvalue weighted by Gasteiger charge is 2.32. The number of fused-ring (bicyclic) bond motifs is 1. The predicted octanol–water partition coefficient (Wildman–Crippen LogP) is 1.69. The number of amides is 3. The van der Waals surface area contributed by atoms with Crippen molar-refractivity contribution in [2.75, 3.05) is 57.8 Å². The molecule has 1 aromatic heterocycles. The van der Waals surface area contributed by atoms with E-state index in [4.69, 9.17) is 4.74 Å². The molecule has 1 N–H and O–H groups in total. The average Bonchev–Trinajstić information content (AvgIpc) is 3.20. The fourth-order valence-corrected chi connectivity index (χ4v) is 5.66. The molecule has 2 aromatic rings. The molecular formula is C25H34N6O4. The molecular weight excluding hydrogens is 448 g/mol. The number of nitrogens with one attached hydrogen (secondary N) is 1. The molecule has 1 aromatic carbocycles. The Labute approximate surface area is 205 Å². The molecule has 3 aliphatic heterocycles. The lowest BCUT2D eigenvalue weighted by molar-refractivity contribution is -0.134. The second-order valence-corrected chi connectivity index (χ2v) is 9.90. The highest BCUT2D eigenvalue weighted by molar-refractivity contribution is 6.02. The van der Waals surface area contributed by atoms with E-state index in [0.29, 0.717) is 18.8 Å². The van der Waals surface area contributed by atoms with E-state index in [1.165, 1.54) is 12.8 Å². The van der Waals surface area contributed by atoms with Gasteiger partial charge in [0.25, 0.3) is 0 Å². The molecule has 0 radical (unpaired) electrons. The first-order chi connectivity index (χ1) is 16.9. The Morgan fingerprint density at radius 2 is 1.83 bits per heavy atom. The molecule has 3 aliphatic rings. The maximum absolute atomic E-state index is 12.4. The number of anilines is 1. The predicted molar refractivity (Wildman–Crippen MR) is 131 cm³/mol. The standard InChI is InChI=1S/C25H34N6O4/c1-28-21-15-18(3-4-19(21)23(27-28)20-5-6-22(32)26-24(20)33)30-13-11-29(12-14-30)16-17-7-9-31(10-8-17)25(34)35-2/h3-4,15,17,20H,5-14,16H2,1-2H3,(H,26,32,33). The number of piperidine rings is 2. The molecule has 3 saturated heterocycles. The number of hydrogen-bond acceptors (Lipinski definition) is 7. The Bertz CT molecular complexity index is 1110. The number of aromatic nitrogens is 2. The van der Waals surface area contributed by atoms with Crippen LogP contribution in [0.25, 0.3) is 10.9 Å². The second-order valence-electron chi connectivity index (χ2n) is 9.90. The van der Waals surface area contributed by atoms with Crippen LogP contribution in [0.15, 0.2) is 18.2 Å². The van der Waals surface area contributed by atoms with Crippen molar-refractivity contribution in [1.82, 2.24) is 24.9 Å². The van der Waals surface area contributed by atoms with Gasteiger partial charge in [-0.1, -0.05) is 0 Å². The summed E-state index contributed by atoms with van der Waals surface area (Å²) in [5, 5.41) is 8.08. The van der Waals surface area contributed by atoms with Gasteiger partial charge in [-0.15, -0.1) is 0 Å². The van der Waals surface area contributed by atoms with E-state index >= 15 is 0 Å². The van der Waals surface area contributed by atoms with Crippen molar-refractivity contribution in [1.29, 1.82) is 0 Å². The monoisotopic (exact) mass is 482 g/mol. The van der Waals surface area contributed by atoms with Gasteiger partial charge in [-0.2, -0.15) is 5.10 Å². The fourth-order valence-electron chi connectivity index (χ4n) is 5.66. The normalized spacial score (nSPS) is 22.5. The van der Waals surface area contributed by atoms with Crippen LogP contribution in [0.1, 0.15) is 37.3 Å². The minimum Gasteiger partial charge on any atom is -0.453 e. The van der Waals surface area contributed by atoms with Gasteiger partial charge in [-0.3, -0.25) is 24.5 Å². The van der Waals surface area contributed by atoms with E-state index in [-0.39, 0.29) is 23.8 Å². The van der Waals surface area contributed by atoms with Crippen LogP contribution in [0.4, 0.5) is 10.5 Å². The van der Waals surface area contributed by atoms with E-state index in [9.17, 15) is 14.4 Å². The van der Waals surface area contributed by atoms with Crippen LogP contribution in [0, 0.1) is 5.92 Å². The van der Waals surface area contributed by atoms with Crippen LogP contribution in [-0.4, -0.2) is 90.4 Å². The molecule has 0 bridgehead atoms. The highest BCUT2D eigenvalue weighted by Crippen LogP contribution is 2.32. The molecule has 4 heterocycles. The fraction of sp³-hybridized carbons (Fsp3) is 0.600. The lowest BCUT2D eigenvalue weighted by Crippen LogP contribution is -2.49. The Balaban J connectivity index is 1.19. The topological polar surface area (TPSA) is 100 Å². The third-order valence-corrected chi connectivity index (χ3v) is 7.73. The lowest BCUT2D eigenvalue weighted by Gasteiger charge is -2.39. The first-order valence-electron chi connectivity index (χ1n) is 12.5. The largest absolute Gasteiger partial charge is 0.453 e. The summed E-state index contributed by atoms with van der Waals surface area (Å²) >= 11 is 0. The van der Waals surface area contributed by atoms with Gasteiger partial charge in [0.1, 0.15) is 0 Å². The van der Waals surface area contributed by atoms with Crippen molar-refractivity contribution >= 4 is 34.5 Å². The molecule has 3 amide bonds. The summed E-state index contributed by atoms with van der Waals surface area (Å²) in [5.74, 6) is -0.221. The summed E-state index contributed by atoms with van der Waals surface area (Å²) in [7, 11) is 3.35. The Hall–Kier alpha value is -3.14. The number of ether oxygens (including phenoxy) is 1. The van der Waals surface area contributed by atoms with Gasteiger partial charge in [0.15, 0.2) is 0 Å². The summed E-state index contributed by atoms with van der Waals surface area (Å²) in [4.78, 5) is 42.4. The van der Waals surface area contributed by atoms with Crippen LogP contribution in [-0.2, 0) is 21.4 Å². The third kappa shape index (κ3) is 4.84. The number of carbonyl (C=O) groups is 3. The summed E-state index contributed by atoms with van der Waals surface area (Å²) in [6.45, 7) is 6.60. The van der Waals surface area contributed by atoms with Crippen molar-refractivity contribution in [2.24, 2.45) is 13.0 Å². The Kier molecular flexibility index (Phi) is 6.64. The smallest absolute Gasteiger partial charge is 0.409 e. The molecule has 3 fully saturated rings. The van der Waals surface area contributed by atoms with Gasteiger partial charge in [-0.25, -0.2) is 4.79 Å². The zero-order valence-electron chi connectivity index (χ0n) is 20.5. The van der Waals surface area contributed by atoms with Crippen molar-refractivity contribution in [3.8, 4) is 0 Å². The van der Waals surface area contributed by atoms with Crippen LogP contribution in [0.5, 0.6) is 0 Å². The molecule has 10 heteroatoms. The quantitative estimate of drug-likeness (QED) is 0.662. The first kappa shape index (κ1) is 23.6. The molecule has 188 valence electrons. The zero-order valence-corrected chi connectivity index (χ0v) is 20.5. The number of likely N-dealkylation sites (tertiary alicyclic amines) is 1. The van der Waals surface area contributed by atoms with E-state index in [0.717, 1.165) is 75.3 Å². The Morgan fingerprint density at radius 3 is 2.51 bits per heavy atom. The minimum atomic E-state index is -0.384. The molecule has 1 atom stereocenters. The van der Waals surface area contributed by atoms with Gasteiger partial charge in [0.2, 0.25) is 11.8 Å². The number of imide groups is 1. The summed E-state index contributed by atoms with van der Waals surface area (Å²) in [6.07, 6.45) is 2.69. The first-order valence-corrected chi connectivity index (χ1v) is 12.5. The van der Waals surface area contributed by atoms with Crippen molar-refractivity contribution in [3.05, 3.63) is 23.9 Å². The number of methoxy groups -OCH3 is 1. The van der Waals surface area contributed by atoms with E-state index < -0.39 is 0 Å². The molecule has 10 nitrogen and oxygen atoms in total. The summed E-state index contributed by atoms with van der Waals surface area (Å²) in [5.41, 5.74) is 2.92. The minimum absolute atomic E-state index is 0.209. The maximum atomic E-state index is 12.4. The number of nitrogens with zero attached hydrogens (tertiary/aromatic N) is 5. The second kappa shape index (κ2) is 9.85. The molecule has 35 heavy (non-hydrogen) atoms. The van der Waals surface area contributed by atoms with Gasteiger partial charge >= 0.3 is 6.09 Å². The molecule has 0 spiro atoms. The maximum Gasteiger partial charge on any atom is 0.409 e. The number of benzene rings is 1. The molecule has 0 aliphatic carbocycles. The SMILES string of the molecule is COC(=O)N1CCC(CN2CCN(c3ccc4c(C5CCC(=O)NC5=O)nn(C)c4c3)CC2)CC1. The van der Waals surface area contributed by atoms with Gasteiger partial charge in [0, 0.05) is 70.4 Å². The van der Waals surface area contributed by atoms with Crippen LogP contribution in [0.3, 0.4) is 0 Å². The number of rotatable bonds is 4. The summed E-state index contributed by atoms with van der Waals surface area (Å²) in [6, 6.07) is 6.35.